The number of hydrogen-bond acceptors (Lipinski definition) is 9. The molecule has 0 saturated carbocycles. The second kappa shape index (κ2) is 17.4. The highest BCUT2D eigenvalue weighted by molar-refractivity contribution is 7.62. The molecule has 4 heterocycles. The molecule has 3 atom stereocenters. The van der Waals surface area contributed by atoms with Gasteiger partial charge in [0.1, 0.15) is 35.3 Å². The Labute approximate surface area is 339 Å². The number of nitriles is 1. The van der Waals surface area contributed by atoms with Gasteiger partial charge < -0.3 is 28.1 Å². The molecule has 0 amide bonds. The van der Waals surface area contributed by atoms with Gasteiger partial charge in [0, 0.05) is 48.3 Å². The molecule has 0 radical (unpaired) electrons. The van der Waals surface area contributed by atoms with E-state index in [-0.39, 0.29) is 30.4 Å². The number of methoxy groups -OCH3 is 2. The van der Waals surface area contributed by atoms with E-state index >= 15 is 4.57 Å². The van der Waals surface area contributed by atoms with Crippen LogP contribution in [-0.4, -0.2) is 70.0 Å². The lowest BCUT2D eigenvalue weighted by Crippen LogP contribution is -2.46. The van der Waals surface area contributed by atoms with Gasteiger partial charge in [0.25, 0.3) is 0 Å². The van der Waals surface area contributed by atoms with Crippen LogP contribution in [0.1, 0.15) is 63.5 Å². The van der Waals surface area contributed by atoms with E-state index in [1.54, 1.807) is 31.9 Å². The lowest BCUT2D eigenvalue weighted by molar-refractivity contribution is -0.0834. The molecule has 10 nitrogen and oxygen atoms in total. The summed E-state index contributed by atoms with van der Waals surface area (Å²) in [6.45, 7) is 8.58. The van der Waals surface area contributed by atoms with Crippen LogP contribution in [0.4, 0.5) is 0 Å². The van der Waals surface area contributed by atoms with E-state index in [9.17, 15) is 5.26 Å². The van der Waals surface area contributed by atoms with E-state index in [0.717, 1.165) is 49.8 Å². The molecule has 0 unspecified atom stereocenters. The Morgan fingerprint density at radius 3 is 2.09 bits per heavy atom. The van der Waals surface area contributed by atoms with Crippen LogP contribution in [0.3, 0.4) is 0 Å². The van der Waals surface area contributed by atoms with E-state index in [4.69, 9.17) is 23.9 Å². The summed E-state index contributed by atoms with van der Waals surface area (Å²) in [4.78, 5) is 10.5. The molecule has 0 bridgehead atoms. The fourth-order valence-corrected chi connectivity index (χ4v) is 12.6. The van der Waals surface area contributed by atoms with Crippen LogP contribution < -0.4 is 9.47 Å². The van der Waals surface area contributed by atoms with Crippen LogP contribution in [0.2, 0.25) is 0 Å². The van der Waals surface area contributed by atoms with Gasteiger partial charge in [-0.1, -0.05) is 88.4 Å². The molecule has 12 heteroatoms. The summed E-state index contributed by atoms with van der Waals surface area (Å²) in [6.07, 6.45) is 3.34. The molecule has 1 saturated heterocycles. The van der Waals surface area contributed by atoms with Crippen molar-refractivity contribution in [2.45, 2.75) is 75.8 Å². The van der Waals surface area contributed by atoms with Gasteiger partial charge in [-0.05, 0) is 58.5 Å². The van der Waals surface area contributed by atoms with Crippen molar-refractivity contribution in [1.29, 1.82) is 5.26 Å². The molecule has 7 rings (SSSR count). The van der Waals surface area contributed by atoms with Crippen LogP contribution in [0.15, 0.2) is 115 Å². The first-order valence-corrected chi connectivity index (χ1v) is 22.1. The third-order valence-corrected chi connectivity index (χ3v) is 16.3. The van der Waals surface area contributed by atoms with Gasteiger partial charge in [0.15, 0.2) is 7.29 Å². The maximum atomic E-state index is 15.4. The summed E-state index contributed by atoms with van der Waals surface area (Å²) >= 11 is 1.63. The fraction of sp³-hybridized carbons (Fsp3) is 0.356. The molecular weight excluding hydrogens is 754 g/mol. The Bertz CT molecular complexity index is 2270. The van der Waals surface area contributed by atoms with Crippen molar-refractivity contribution in [3.05, 3.63) is 132 Å². The van der Waals surface area contributed by atoms with E-state index in [0.29, 0.717) is 13.0 Å². The van der Waals surface area contributed by atoms with Crippen molar-refractivity contribution in [3.8, 4) is 28.1 Å². The number of thiophene rings is 1. The minimum Gasteiger partial charge on any atom is -0.497 e. The SMILES string of the molecule is COc1ccc(C(OC[C@@H]2O[C@@H](n3ccc4c(-c5cccs5)ncnc43)C[C@@H]2N(CCC#N)P(=O)(C(C)C)C(C)C)(c2ccccc2)c2ccc(OC)cc2)cc1. The first-order valence-electron chi connectivity index (χ1n) is 19.4. The third-order valence-electron chi connectivity index (χ3n) is 11.1. The van der Waals surface area contributed by atoms with Crippen molar-refractivity contribution in [1.82, 2.24) is 19.2 Å². The highest BCUT2D eigenvalue weighted by Crippen LogP contribution is 2.61. The van der Waals surface area contributed by atoms with E-state index in [1.165, 1.54) is 0 Å². The van der Waals surface area contributed by atoms with Crippen molar-refractivity contribution in [2.75, 3.05) is 27.4 Å². The summed E-state index contributed by atoms with van der Waals surface area (Å²) in [5.74, 6) is 1.46. The molecule has 0 aliphatic carbocycles. The minimum atomic E-state index is -3.05. The predicted octanol–water partition coefficient (Wildman–Crippen LogP) is 10.2. The fourth-order valence-electron chi connectivity index (χ4n) is 8.35. The number of rotatable bonds is 16. The van der Waals surface area contributed by atoms with Crippen LogP contribution >= 0.6 is 18.6 Å². The molecule has 1 fully saturated rings. The third kappa shape index (κ3) is 7.65. The minimum absolute atomic E-state index is 0.141. The van der Waals surface area contributed by atoms with Crippen LogP contribution in [-0.2, 0) is 19.6 Å². The number of ether oxygens (including phenoxy) is 4. The van der Waals surface area contributed by atoms with Gasteiger partial charge in [-0.25, -0.2) is 14.6 Å². The zero-order valence-corrected chi connectivity index (χ0v) is 35.0. The average Bonchev–Trinajstić information content (AvgIpc) is 4.03. The van der Waals surface area contributed by atoms with Gasteiger partial charge >= 0.3 is 0 Å². The maximum absolute atomic E-state index is 15.4. The number of aromatic nitrogens is 3. The zero-order valence-electron chi connectivity index (χ0n) is 33.3. The first kappa shape index (κ1) is 40.4. The van der Waals surface area contributed by atoms with Gasteiger partial charge in [-0.15, -0.1) is 11.3 Å². The largest absolute Gasteiger partial charge is 0.497 e. The van der Waals surface area contributed by atoms with E-state index in [1.807, 2.05) is 118 Å². The summed E-state index contributed by atoms with van der Waals surface area (Å²) in [6, 6.07) is 34.2. The van der Waals surface area contributed by atoms with Crippen LogP contribution in [0.25, 0.3) is 21.6 Å². The Morgan fingerprint density at radius 2 is 1.53 bits per heavy atom. The molecule has 6 aromatic rings. The second-order valence-electron chi connectivity index (χ2n) is 14.8. The standard InChI is InChI=1S/C45H50N5O5PS/c1-31(2)56(51,32(3)4)50(25-11-24-46)39-28-42(49-26-23-38-43(41-14-10-27-57-41)47-30-48-44(38)49)55-40(39)29-54-45(33-12-8-7-9-13-33,34-15-19-36(52-5)20-16-34)35-17-21-37(53-6)22-18-35/h7-10,12-23,26-27,30-32,39-40,42H,11,25,28-29H2,1-6H3/t39-,40-,42+/m0/s1. The Morgan fingerprint density at radius 1 is 0.895 bits per heavy atom. The average molecular weight is 804 g/mol. The topological polar surface area (TPSA) is 112 Å². The maximum Gasteiger partial charge on any atom is 0.155 e. The lowest BCUT2D eigenvalue weighted by atomic mass is 9.80. The summed E-state index contributed by atoms with van der Waals surface area (Å²) in [5, 5.41) is 12.9. The molecule has 57 heavy (non-hydrogen) atoms. The molecule has 0 N–H and O–H groups in total. The van der Waals surface area contributed by atoms with Crippen molar-refractivity contribution < 1.29 is 23.5 Å². The van der Waals surface area contributed by atoms with E-state index in [2.05, 4.69) is 38.5 Å². The second-order valence-corrected chi connectivity index (χ2v) is 19.7. The Hall–Kier alpha value is -4.82. The number of nitrogens with zero attached hydrogens (tertiary/aromatic N) is 5. The van der Waals surface area contributed by atoms with Gasteiger partial charge in [0.05, 0.1) is 43.6 Å². The molecular formula is C45H50N5O5PS. The summed E-state index contributed by atoms with van der Waals surface area (Å²) in [5.41, 5.74) is 2.97. The molecule has 1 aliphatic rings. The van der Waals surface area contributed by atoms with Gasteiger partial charge in [-0.2, -0.15) is 5.26 Å². The van der Waals surface area contributed by atoms with Crippen molar-refractivity contribution in [2.24, 2.45) is 0 Å². The van der Waals surface area contributed by atoms with Crippen molar-refractivity contribution in [3.63, 3.8) is 0 Å². The molecule has 3 aromatic heterocycles. The van der Waals surface area contributed by atoms with Crippen LogP contribution in [0, 0.1) is 11.3 Å². The van der Waals surface area contributed by atoms with Gasteiger partial charge in [-0.3, -0.25) is 0 Å². The summed E-state index contributed by atoms with van der Waals surface area (Å²) < 4.78 is 45.3. The number of hydrogen-bond donors (Lipinski definition) is 0. The van der Waals surface area contributed by atoms with E-state index < -0.39 is 25.2 Å². The highest BCUT2D eigenvalue weighted by atomic mass is 32.1. The normalized spacial score (nSPS) is 17.4. The van der Waals surface area contributed by atoms with Crippen molar-refractivity contribution >= 4 is 29.7 Å². The molecule has 296 valence electrons. The Balaban J connectivity index is 1.36. The monoisotopic (exact) mass is 803 g/mol. The smallest absolute Gasteiger partial charge is 0.155 e. The molecule has 0 spiro atoms. The quantitative estimate of drug-likeness (QED) is 0.0697. The Kier molecular flexibility index (Phi) is 12.3. The lowest BCUT2D eigenvalue weighted by Gasteiger charge is -2.43. The summed E-state index contributed by atoms with van der Waals surface area (Å²) in [7, 11) is 0.255. The zero-order chi connectivity index (χ0) is 40.2. The molecule has 1 aliphatic heterocycles. The predicted molar refractivity (Wildman–Crippen MR) is 226 cm³/mol. The highest BCUT2D eigenvalue weighted by Gasteiger charge is 2.49. The number of fused-ring (bicyclic) bond motifs is 1. The van der Waals surface area contributed by atoms with Gasteiger partial charge in [0.2, 0.25) is 0 Å². The molecule has 3 aromatic carbocycles. The first-order chi connectivity index (χ1) is 27.6. The van der Waals surface area contributed by atoms with Crippen LogP contribution in [0.5, 0.6) is 11.5 Å². The number of benzene rings is 3.